The highest BCUT2D eigenvalue weighted by molar-refractivity contribution is 5.89. The number of hydrogen-bond acceptors (Lipinski definition) is 3. The summed E-state index contributed by atoms with van der Waals surface area (Å²) >= 11 is 0. The Hall–Kier alpha value is -3.29. The summed E-state index contributed by atoms with van der Waals surface area (Å²) in [4.78, 5) is 12.7. The number of nitrogens with one attached hydrogen (secondary N) is 3. The van der Waals surface area contributed by atoms with Gasteiger partial charge in [0.15, 0.2) is 0 Å². The number of carbonyl (C=O) groups excluding carboxylic acids is 1. The number of aliphatic hydroxyl groups is 1. The molecular formula is C29H33F2N3O2. The molecule has 0 heterocycles. The van der Waals surface area contributed by atoms with Crippen LogP contribution in [0.3, 0.4) is 0 Å². The first kappa shape index (κ1) is 25.8. The number of benzene rings is 3. The zero-order chi connectivity index (χ0) is 25.5. The standard InChI is InChI=1S/C29H33F2N3O2/c1-2-19-11-12-21-7-6-10-26(25(21)15-19)32-18-28(35)27(16-20-13-22(30)17-23(31)14-20)34-29(36)33-24-8-4-3-5-9-24/h3-5,8-9,11-15,17,26-28,32,35H,2,6-7,10,16,18H2,1H3,(H2,33,34,36). The van der Waals surface area contributed by atoms with Crippen LogP contribution in [0, 0.1) is 11.6 Å². The van der Waals surface area contributed by atoms with E-state index in [1.807, 2.05) is 6.07 Å². The van der Waals surface area contributed by atoms with Crippen LogP contribution in [-0.4, -0.2) is 29.8 Å². The van der Waals surface area contributed by atoms with Crippen LogP contribution in [0.5, 0.6) is 0 Å². The van der Waals surface area contributed by atoms with Gasteiger partial charge in [-0.05, 0) is 78.6 Å². The average molecular weight is 494 g/mol. The van der Waals surface area contributed by atoms with Crippen LogP contribution in [0.2, 0.25) is 0 Å². The maximum absolute atomic E-state index is 13.8. The minimum absolute atomic E-state index is 0.0704. The number of fused-ring (bicyclic) bond motifs is 1. The maximum Gasteiger partial charge on any atom is 0.319 e. The maximum atomic E-state index is 13.8. The monoisotopic (exact) mass is 493 g/mol. The van der Waals surface area contributed by atoms with E-state index in [-0.39, 0.29) is 19.0 Å². The van der Waals surface area contributed by atoms with Crippen LogP contribution < -0.4 is 16.0 Å². The van der Waals surface area contributed by atoms with E-state index in [0.717, 1.165) is 31.7 Å². The van der Waals surface area contributed by atoms with Crippen molar-refractivity contribution in [2.45, 2.75) is 57.2 Å². The minimum atomic E-state index is -0.988. The van der Waals surface area contributed by atoms with Gasteiger partial charge in [-0.15, -0.1) is 0 Å². The van der Waals surface area contributed by atoms with Crippen LogP contribution in [0.25, 0.3) is 0 Å². The van der Waals surface area contributed by atoms with Crippen molar-refractivity contribution in [1.29, 1.82) is 0 Å². The second-order valence-corrected chi connectivity index (χ2v) is 9.36. The molecule has 3 aromatic rings. The molecule has 0 aromatic heterocycles. The first-order chi connectivity index (χ1) is 17.4. The number of hydrogen-bond donors (Lipinski definition) is 4. The number of rotatable bonds is 9. The van der Waals surface area contributed by atoms with Gasteiger partial charge < -0.3 is 21.1 Å². The number of aryl methyl sites for hydroxylation is 2. The SMILES string of the molecule is CCc1ccc2c(c1)C(NCC(O)C(Cc1cc(F)cc(F)c1)NC(=O)Nc1ccccc1)CCC2. The Morgan fingerprint density at radius 3 is 2.50 bits per heavy atom. The van der Waals surface area contributed by atoms with E-state index in [1.165, 1.54) is 28.8 Å². The summed E-state index contributed by atoms with van der Waals surface area (Å²) < 4.78 is 27.6. The van der Waals surface area contributed by atoms with Crippen molar-refractivity contribution in [3.8, 4) is 0 Å². The van der Waals surface area contributed by atoms with E-state index < -0.39 is 29.8 Å². The van der Waals surface area contributed by atoms with E-state index in [4.69, 9.17) is 0 Å². The number of urea groups is 1. The Kier molecular flexibility index (Phi) is 8.67. The first-order valence-corrected chi connectivity index (χ1v) is 12.5. The van der Waals surface area contributed by atoms with E-state index in [1.54, 1.807) is 24.3 Å². The molecule has 0 saturated heterocycles. The van der Waals surface area contributed by atoms with Crippen molar-refractivity contribution in [3.63, 3.8) is 0 Å². The van der Waals surface area contributed by atoms with Crippen molar-refractivity contribution >= 4 is 11.7 Å². The molecule has 0 fully saturated rings. The average Bonchev–Trinajstić information content (AvgIpc) is 2.86. The second kappa shape index (κ2) is 12.1. The molecule has 3 atom stereocenters. The zero-order valence-electron chi connectivity index (χ0n) is 20.4. The molecule has 0 radical (unpaired) electrons. The molecule has 0 saturated carbocycles. The summed E-state index contributed by atoms with van der Waals surface area (Å²) in [5.74, 6) is -1.40. The molecule has 36 heavy (non-hydrogen) atoms. The van der Waals surface area contributed by atoms with Gasteiger partial charge in [0.25, 0.3) is 0 Å². The summed E-state index contributed by atoms with van der Waals surface area (Å²) in [6, 6.07) is 17.6. The lowest BCUT2D eigenvalue weighted by Gasteiger charge is -2.30. The van der Waals surface area contributed by atoms with Gasteiger partial charge in [0.2, 0.25) is 0 Å². The van der Waals surface area contributed by atoms with E-state index >= 15 is 0 Å². The number of halogens is 2. The molecule has 4 N–H and O–H groups in total. The molecule has 5 nitrogen and oxygen atoms in total. The van der Waals surface area contributed by atoms with Crippen molar-refractivity contribution in [1.82, 2.24) is 10.6 Å². The van der Waals surface area contributed by atoms with Gasteiger partial charge >= 0.3 is 6.03 Å². The van der Waals surface area contributed by atoms with Crippen LogP contribution in [-0.2, 0) is 19.3 Å². The highest BCUT2D eigenvalue weighted by atomic mass is 19.1. The lowest BCUT2D eigenvalue weighted by molar-refractivity contribution is 0.123. The third kappa shape index (κ3) is 6.89. The normalized spacial score (nSPS) is 16.6. The largest absolute Gasteiger partial charge is 0.390 e. The molecule has 3 unspecified atom stereocenters. The lowest BCUT2D eigenvalue weighted by atomic mass is 9.86. The number of para-hydroxylation sites is 1. The quantitative estimate of drug-likeness (QED) is 0.327. The van der Waals surface area contributed by atoms with E-state index in [9.17, 15) is 18.7 Å². The number of anilines is 1. The Labute approximate surface area is 210 Å². The third-order valence-electron chi connectivity index (χ3n) is 6.70. The molecular weight excluding hydrogens is 460 g/mol. The van der Waals surface area contributed by atoms with Gasteiger partial charge in [-0.2, -0.15) is 0 Å². The Morgan fingerprint density at radius 2 is 1.78 bits per heavy atom. The predicted molar refractivity (Wildman–Crippen MR) is 138 cm³/mol. The van der Waals surface area contributed by atoms with Crippen LogP contribution in [0.4, 0.5) is 19.3 Å². The number of aliphatic hydroxyl groups excluding tert-OH is 1. The fourth-order valence-electron chi connectivity index (χ4n) is 4.81. The van der Waals surface area contributed by atoms with Crippen LogP contribution in [0.1, 0.15) is 48.1 Å². The van der Waals surface area contributed by atoms with Crippen molar-refractivity contribution < 1.29 is 18.7 Å². The third-order valence-corrected chi connectivity index (χ3v) is 6.70. The Morgan fingerprint density at radius 1 is 1.03 bits per heavy atom. The lowest BCUT2D eigenvalue weighted by Crippen LogP contribution is -2.50. The van der Waals surface area contributed by atoms with Gasteiger partial charge in [-0.3, -0.25) is 0 Å². The summed E-state index contributed by atoms with van der Waals surface area (Å²) in [5.41, 5.74) is 4.80. The predicted octanol–water partition coefficient (Wildman–Crippen LogP) is 5.29. The highest BCUT2D eigenvalue weighted by Crippen LogP contribution is 2.30. The van der Waals surface area contributed by atoms with Crippen molar-refractivity contribution in [2.75, 3.05) is 11.9 Å². The molecule has 7 heteroatoms. The summed E-state index contributed by atoms with van der Waals surface area (Å²) in [6.45, 7) is 2.34. The van der Waals surface area contributed by atoms with Gasteiger partial charge in [-0.25, -0.2) is 13.6 Å². The molecule has 2 amide bonds. The topological polar surface area (TPSA) is 73.4 Å². The molecule has 3 aromatic carbocycles. The van der Waals surface area contributed by atoms with Gasteiger partial charge in [0.05, 0.1) is 12.1 Å². The molecule has 4 rings (SSSR count). The Bertz CT molecular complexity index is 1150. The minimum Gasteiger partial charge on any atom is -0.390 e. The molecule has 0 spiro atoms. The highest BCUT2D eigenvalue weighted by Gasteiger charge is 2.26. The van der Waals surface area contributed by atoms with Gasteiger partial charge in [-0.1, -0.05) is 43.3 Å². The second-order valence-electron chi connectivity index (χ2n) is 9.36. The zero-order valence-corrected chi connectivity index (χ0v) is 20.4. The number of amides is 2. The molecule has 190 valence electrons. The molecule has 0 aliphatic heterocycles. The van der Waals surface area contributed by atoms with Crippen molar-refractivity contribution in [3.05, 3.63) is 101 Å². The van der Waals surface area contributed by atoms with Crippen LogP contribution in [0.15, 0.2) is 66.7 Å². The smallest absolute Gasteiger partial charge is 0.319 e. The molecule has 1 aliphatic carbocycles. The summed E-state index contributed by atoms with van der Waals surface area (Å²) in [6.07, 6.45) is 3.08. The first-order valence-electron chi connectivity index (χ1n) is 12.5. The molecule has 1 aliphatic rings. The number of carbonyl (C=O) groups is 1. The van der Waals surface area contributed by atoms with Gasteiger partial charge in [0.1, 0.15) is 11.6 Å². The van der Waals surface area contributed by atoms with E-state index in [0.29, 0.717) is 11.3 Å². The Balaban J connectivity index is 1.47. The van der Waals surface area contributed by atoms with Crippen LogP contribution >= 0.6 is 0 Å². The fourth-order valence-corrected chi connectivity index (χ4v) is 4.81. The summed E-state index contributed by atoms with van der Waals surface area (Å²) in [7, 11) is 0. The van der Waals surface area contributed by atoms with E-state index in [2.05, 4.69) is 41.1 Å². The molecule has 0 bridgehead atoms. The summed E-state index contributed by atoms with van der Waals surface area (Å²) in [5, 5.41) is 20.1. The van der Waals surface area contributed by atoms with Crippen molar-refractivity contribution in [2.24, 2.45) is 0 Å². The van der Waals surface area contributed by atoms with Gasteiger partial charge in [0, 0.05) is 24.3 Å². The fraction of sp³-hybridized carbons (Fsp3) is 0.345.